The molecule has 5 nitrogen and oxygen atoms in total. The lowest BCUT2D eigenvalue weighted by molar-refractivity contribution is -0.228. The molecule has 3 aliphatic heterocycles. The molecule has 2 aromatic carbocycles. The zero-order valence-corrected chi connectivity index (χ0v) is 20.7. The summed E-state index contributed by atoms with van der Waals surface area (Å²) in [4.78, 5) is 28.2. The first-order valence-corrected chi connectivity index (χ1v) is 12.3. The van der Waals surface area contributed by atoms with Gasteiger partial charge in [0.1, 0.15) is 24.2 Å². The maximum Gasteiger partial charge on any atom is 0.426 e. The molecule has 0 bridgehead atoms. The van der Waals surface area contributed by atoms with Crippen molar-refractivity contribution < 1.29 is 40.7 Å². The molecule has 0 aliphatic carbocycles. The Bertz CT molecular complexity index is 1260. The number of rotatable bonds is 4. The molecule has 2 amide bonds. The second kappa shape index (κ2) is 8.91. The summed E-state index contributed by atoms with van der Waals surface area (Å²) in [5.74, 6) is -1.56. The van der Waals surface area contributed by atoms with Crippen LogP contribution in [0.25, 0.3) is 0 Å². The van der Waals surface area contributed by atoms with Gasteiger partial charge in [-0.2, -0.15) is 13.2 Å². The predicted octanol–water partition coefficient (Wildman–Crippen LogP) is 4.62. The van der Waals surface area contributed by atoms with Crippen molar-refractivity contribution in [2.24, 2.45) is 0 Å². The number of carbonyl (C=O) groups excluding carboxylic acids is 2. The molecule has 3 aliphatic rings. The SMILES string of the molecule is CN1C(=O)[C@@H](F)C[C@H]1C(=O)N1CCC2(Cc3ccc(F)cc3)c3ccc(C(C)(F)C(F)(F)F)cc3OCC12. The molecule has 0 aromatic heterocycles. The average molecular weight is 541 g/mol. The topological polar surface area (TPSA) is 49.9 Å². The van der Waals surface area contributed by atoms with Gasteiger partial charge in [0.05, 0.1) is 6.04 Å². The van der Waals surface area contributed by atoms with Crippen LogP contribution in [0.15, 0.2) is 42.5 Å². The maximum absolute atomic E-state index is 14.8. The molecule has 3 heterocycles. The standard InChI is InChI=1S/C27H26F6N2O3/c1-25(30,27(31,32)33)16-5-8-18-21(11-16)38-14-22-26(18,13-15-3-6-17(28)7-4-15)9-10-35(22)24(37)20-12-19(29)23(36)34(20)2/h3-8,11,19-20,22H,9-10,12-14H2,1-2H3/t19-,20-,22?,25?,26?/m0/s1. The van der Waals surface area contributed by atoms with Crippen molar-refractivity contribution in [1.82, 2.24) is 9.80 Å². The van der Waals surface area contributed by atoms with E-state index in [0.29, 0.717) is 25.3 Å². The maximum atomic E-state index is 14.8. The minimum atomic E-state index is -5.14. The molecule has 2 saturated heterocycles. The first kappa shape index (κ1) is 26.4. The number of carbonyl (C=O) groups is 2. The van der Waals surface area contributed by atoms with Crippen molar-refractivity contribution in [2.45, 2.75) is 61.7 Å². The average Bonchev–Trinajstić information content (AvgIpc) is 3.37. The second-order valence-corrected chi connectivity index (χ2v) is 10.4. The van der Waals surface area contributed by atoms with Crippen molar-refractivity contribution >= 4 is 11.8 Å². The number of amides is 2. The molecule has 204 valence electrons. The number of hydrogen-bond donors (Lipinski definition) is 0. The summed E-state index contributed by atoms with van der Waals surface area (Å²) in [6.07, 6.45) is -6.50. The molecule has 2 aromatic rings. The predicted molar refractivity (Wildman–Crippen MR) is 124 cm³/mol. The number of benzene rings is 2. The van der Waals surface area contributed by atoms with Gasteiger partial charge in [-0.1, -0.05) is 24.3 Å². The van der Waals surface area contributed by atoms with Crippen LogP contribution in [0.3, 0.4) is 0 Å². The Morgan fingerprint density at radius 3 is 2.42 bits per heavy atom. The van der Waals surface area contributed by atoms with Crippen LogP contribution in [-0.4, -0.2) is 66.2 Å². The van der Waals surface area contributed by atoms with Crippen LogP contribution in [0.5, 0.6) is 5.75 Å². The normalized spacial score (nSPS) is 28.5. The van der Waals surface area contributed by atoms with Crippen molar-refractivity contribution in [3.05, 3.63) is 65.0 Å². The van der Waals surface area contributed by atoms with E-state index in [-0.39, 0.29) is 25.3 Å². The van der Waals surface area contributed by atoms with Gasteiger partial charge in [0, 0.05) is 36.6 Å². The van der Waals surface area contributed by atoms with Crippen molar-refractivity contribution in [3.63, 3.8) is 0 Å². The third kappa shape index (κ3) is 4.01. The van der Waals surface area contributed by atoms with Gasteiger partial charge in [-0.05, 0) is 43.5 Å². The number of fused-ring (bicyclic) bond motifs is 3. The van der Waals surface area contributed by atoms with Gasteiger partial charge >= 0.3 is 6.18 Å². The van der Waals surface area contributed by atoms with Crippen LogP contribution in [-0.2, 0) is 27.1 Å². The summed E-state index contributed by atoms with van der Waals surface area (Å²) in [6, 6.07) is 7.71. The van der Waals surface area contributed by atoms with Gasteiger partial charge in [-0.25, -0.2) is 13.2 Å². The minimum Gasteiger partial charge on any atom is -0.491 e. The fourth-order valence-corrected chi connectivity index (χ4v) is 6.00. The summed E-state index contributed by atoms with van der Waals surface area (Å²) >= 11 is 0. The van der Waals surface area contributed by atoms with Crippen LogP contribution >= 0.6 is 0 Å². The smallest absolute Gasteiger partial charge is 0.426 e. The van der Waals surface area contributed by atoms with Gasteiger partial charge in [0.15, 0.2) is 6.17 Å². The number of ether oxygens (including phenoxy) is 1. The first-order valence-electron chi connectivity index (χ1n) is 12.3. The molecule has 5 rings (SSSR count). The lowest BCUT2D eigenvalue weighted by Gasteiger charge is -2.44. The summed E-state index contributed by atoms with van der Waals surface area (Å²) in [7, 11) is 1.37. The third-order valence-corrected chi connectivity index (χ3v) is 8.32. The molecule has 5 atom stereocenters. The number of likely N-dealkylation sites (tertiary alicyclic amines) is 2. The summed E-state index contributed by atoms with van der Waals surface area (Å²) < 4.78 is 88.4. The molecule has 0 radical (unpaired) electrons. The Kier molecular flexibility index (Phi) is 6.18. The highest BCUT2D eigenvalue weighted by Crippen LogP contribution is 2.52. The van der Waals surface area contributed by atoms with E-state index < -0.39 is 58.7 Å². The Hall–Kier alpha value is -3.24. The number of hydrogen-bond acceptors (Lipinski definition) is 3. The van der Waals surface area contributed by atoms with Crippen LogP contribution in [0.1, 0.15) is 36.5 Å². The van der Waals surface area contributed by atoms with Crippen molar-refractivity contribution in [3.8, 4) is 5.75 Å². The molecule has 0 N–H and O–H groups in total. The van der Waals surface area contributed by atoms with E-state index in [1.807, 2.05) is 0 Å². The van der Waals surface area contributed by atoms with Gasteiger partial charge in [-0.3, -0.25) is 9.59 Å². The van der Waals surface area contributed by atoms with Gasteiger partial charge in [-0.15, -0.1) is 0 Å². The number of nitrogens with zero attached hydrogens (tertiary/aromatic N) is 2. The molecule has 0 saturated carbocycles. The lowest BCUT2D eigenvalue weighted by Crippen LogP contribution is -2.55. The van der Waals surface area contributed by atoms with Crippen LogP contribution in [0.4, 0.5) is 26.3 Å². The molecule has 38 heavy (non-hydrogen) atoms. The Morgan fingerprint density at radius 2 is 1.82 bits per heavy atom. The summed E-state index contributed by atoms with van der Waals surface area (Å²) in [6.45, 7) is 0.581. The number of alkyl halides is 5. The van der Waals surface area contributed by atoms with Crippen LogP contribution in [0, 0.1) is 5.82 Å². The van der Waals surface area contributed by atoms with Crippen LogP contribution in [0.2, 0.25) is 0 Å². The number of halogens is 6. The Labute approximate surface area is 215 Å². The summed E-state index contributed by atoms with van der Waals surface area (Å²) in [5, 5.41) is 0. The molecule has 0 spiro atoms. The molecule has 3 unspecified atom stereocenters. The summed E-state index contributed by atoms with van der Waals surface area (Å²) in [5.41, 5.74) is -3.82. The van der Waals surface area contributed by atoms with E-state index in [1.165, 1.54) is 25.2 Å². The van der Waals surface area contributed by atoms with Gasteiger partial charge in [0.25, 0.3) is 5.91 Å². The number of likely N-dealkylation sites (N-methyl/N-ethyl adjacent to an activating group) is 1. The van der Waals surface area contributed by atoms with Crippen LogP contribution < -0.4 is 4.74 Å². The Balaban J connectivity index is 1.55. The largest absolute Gasteiger partial charge is 0.491 e. The highest BCUT2D eigenvalue weighted by Gasteiger charge is 2.57. The molecule has 11 heteroatoms. The zero-order valence-electron chi connectivity index (χ0n) is 20.7. The quantitative estimate of drug-likeness (QED) is 0.533. The zero-order chi connectivity index (χ0) is 27.6. The fraction of sp³-hybridized carbons (Fsp3) is 0.481. The molecule has 2 fully saturated rings. The van der Waals surface area contributed by atoms with Crippen molar-refractivity contribution in [1.29, 1.82) is 0 Å². The molecular formula is C27H26F6N2O3. The molecular weight excluding hydrogens is 514 g/mol. The van der Waals surface area contributed by atoms with E-state index in [2.05, 4.69) is 0 Å². The Morgan fingerprint density at radius 1 is 1.13 bits per heavy atom. The second-order valence-electron chi connectivity index (χ2n) is 10.4. The highest BCUT2D eigenvalue weighted by molar-refractivity contribution is 5.93. The van der Waals surface area contributed by atoms with Gasteiger partial charge in [0.2, 0.25) is 11.6 Å². The van der Waals surface area contributed by atoms with E-state index in [1.54, 1.807) is 17.0 Å². The highest BCUT2D eigenvalue weighted by atomic mass is 19.4. The monoisotopic (exact) mass is 540 g/mol. The third-order valence-electron chi connectivity index (χ3n) is 8.32. The van der Waals surface area contributed by atoms with E-state index in [4.69, 9.17) is 4.74 Å². The fourth-order valence-electron chi connectivity index (χ4n) is 6.00. The first-order chi connectivity index (χ1) is 17.8. The van der Waals surface area contributed by atoms with Crippen molar-refractivity contribution in [2.75, 3.05) is 20.2 Å². The van der Waals surface area contributed by atoms with E-state index in [0.717, 1.165) is 22.6 Å². The van der Waals surface area contributed by atoms with Gasteiger partial charge < -0.3 is 14.5 Å². The minimum absolute atomic E-state index is 0.0836. The van der Waals surface area contributed by atoms with E-state index in [9.17, 15) is 35.9 Å². The van der Waals surface area contributed by atoms with E-state index >= 15 is 0 Å². The lowest BCUT2D eigenvalue weighted by atomic mass is 9.68.